The first kappa shape index (κ1) is 24.4. The minimum atomic E-state index is -1.04. The van der Waals surface area contributed by atoms with Crippen molar-refractivity contribution in [3.05, 3.63) is 101 Å². The number of carbonyl (C=O) groups excluding carboxylic acids is 1. The topological polar surface area (TPSA) is 71.8 Å². The fourth-order valence-electron chi connectivity index (χ4n) is 3.51. The van der Waals surface area contributed by atoms with Crippen LogP contribution in [0.3, 0.4) is 0 Å². The number of aryl methyl sites for hydroxylation is 2. The Labute approximate surface area is 206 Å². The van der Waals surface area contributed by atoms with E-state index in [-0.39, 0.29) is 5.69 Å². The number of nitrogens with zero attached hydrogens (tertiary/aromatic N) is 3. The maximum absolute atomic E-state index is 13.5. The molecule has 1 heterocycles. The van der Waals surface area contributed by atoms with Gasteiger partial charge in [-0.2, -0.15) is 0 Å². The summed E-state index contributed by atoms with van der Waals surface area (Å²) in [6.07, 6.45) is 0. The van der Waals surface area contributed by atoms with Gasteiger partial charge in [0, 0.05) is 23.2 Å². The van der Waals surface area contributed by atoms with Gasteiger partial charge in [0.05, 0.1) is 6.04 Å². The molecule has 35 heavy (non-hydrogen) atoms. The lowest BCUT2D eigenvalue weighted by Crippen LogP contribution is -2.32. The van der Waals surface area contributed by atoms with Gasteiger partial charge in [-0.15, -0.1) is 10.2 Å². The number of hydrogen-bond acceptors (Lipinski definition) is 4. The van der Waals surface area contributed by atoms with Crippen LogP contribution in [0.2, 0.25) is 0 Å². The van der Waals surface area contributed by atoms with Crippen molar-refractivity contribution in [3.8, 4) is 5.69 Å². The zero-order valence-corrected chi connectivity index (χ0v) is 20.4. The van der Waals surface area contributed by atoms with E-state index < -0.39 is 23.7 Å². The number of halogens is 2. The Balaban J connectivity index is 1.57. The number of anilines is 1. The smallest absolute Gasteiger partial charge is 0.319 e. The van der Waals surface area contributed by atoms with E-state index in [1.807, 2.05) is 47.9 Å². The van der Waals surface area contributed by atoms with Gasteiger partial charge in [0.1, 0.15) is 0 Å². The minimum absolute atomic E-state index is 0.142. The molecule has 0 spiro atoms. The number of nitrogens with one attached hydrogen (secondary N) is 2. The highest BCUT2D eigenvalue weighted by Gasteiger charge is 2.21. The summed E-state index contributed by atoms with van der Waals surface area (Å²) in [7, 11) is 0. The van der Waals surface area contributed by atoms with E-state index in [0.29, 0.717) is 11.0 Å². The SMILES string of the molecule is Cc1ccc(-n2c(SCc3ccccc3C)nnc2C(C)NC(=O)Nc2ccc(F)c(F)c2)cc1. The van der Waals surface area contributed by atoms with Gasteiger partial charge in [0.2, 0.25) is 0 Å². The van der Waals surface area contributed by atoms with Crippen molar-refractivity contribution < 1.29 is 13.6 Å². The second kappa shape index (κ2) is 10.7. The largest absolute Gasteiger partial charge is 0.328 e. The number of rotatable bonds is 7. The molecule has 1 atom stereocenters. The van der Waals surface area contributed by atoms with E-state index in [0.717, 1.165) is 29.1 Å². The maximum Gasteiger partial charge on any atom is 0.319 e. The van der Waals surface area contributed by atoms with Gasteiger partial charge in [-0.25, -0.2) is 13.6 Å². The monoisotopic (exact) mass is 493 g/mol. The predicted molar refractivity (Wildman–Crippen MR) is 134 cm³/mol. The fraction of sp³-hybridized carbons (Fsp3) is 0.192. The Hall–Kier alpha value is -3.72. The summed E-state index contributed by atoms with van der Waals surface area (Å²) in [5, 5.41) is 14.8. The number of thioether (sulfide) groups is 1. The second-order valence-electron chi connectivity index (χ2n) is 8.18. The zero-order chi connectivity index (χ0) is 24.9. The molecule has 4 aromatic rings. The zero-order valence-electron chi connectivity index (χ0n) is 19.5. The number of aromatic nitrogens is 3. The van der Waals surface area contributed by atoms with E-state index in [4.69, 9.17) is 0 Å². The summed E-state index contributed by atoms with van der Waals surface area (Å²) in [5.41, 5.74) is 4.54. The Bertz CT molecular complexity index is 1340. The van der Waals surface area contributed by atoms with Crippen molar-refractivity contribution in [3.63, 3.8) is 0 Å². The highest BCUT2D eigenvalue weighted by molar-refractivity contribution is 7.98. The Kier molecular flexibility index (Phi) is 7.45. The molecule has 4 rings (SSSR count). The molecular weight excluding hydrogens is 468 g/mol. The van der Waals surface area contributed by atoms with E-state index in [1.165, 1.54) is 17.2 Å². The van der Waals surface area contributed by atoms with E-state index in [9.17, 15) is 13.6 Å². The summed E-state index contributed by atoms with van der Waals surface area (Å²) in [6.45, 7) is 5.87. The molecule has 0 aliphatic heterocycles. The molecule has 1 aromatic heterocycles. The van der Waals surface area contributed by atoms with Crippen LogP contribution in [0.25, 0.3) is 5.69 Å². The molecule has 0 bridgehead atoms. The molecule has 3 aromatic carbocycles. The predicted octanol–water partition coefficient (Wildman–Crippen LogP) is 6.34. The summed E-state index contributed by atoms with van der Waals surface area (Å²) in [6, 6.07) is 18.2. The third-order valence-corrected chi connectivity index (χ3v) is 6.46. The van der Waals surface area contributed by atoms with Crippen LogP contribution in [-0.4, -0.2) is 20.8 Å². The van der Waals surface area contributed by atoms with Crippen LogP contribution < -0.4 is 10.6 Å². The summed E-state index contributed by atoms with van der Waals surface area (Å²) in [5.74, 6) is -0.757. The standard InChI is InChI=1S/C26H25F2N5OS/c1-16-8-11-21(12-9-16)33-24(31-32-26(33)35-15-19-7-5-4-6-17(19)2)18(3)29-25(34)30-20-10-13-22(27)23(28)14-20/h4-14,18H,15H2,1-3H3,(H2,29,30,34). The summed E-state index contributed by atoms with van der Waals surface area (Å²) < 4.78 is 28.6. The van der Waals surface area contributed by atoms with Crippen LogP contribution >= 0.6 is 11.8 Å². The van der Waals surface area contributed by atoms with E-state index in [2.05, 4.69) is 39.9 Å². The number of benzene rings is 3. The molecule has 6 nitrogen and oxygen atoms in total. The van der Waals surface area contributed by atoms with Gasteiger partial charge in [-0.05, 0) is 56.2 Å². The third-order valence-electron chi connectivity index (χ3n) is 5.48. The Morgan fingerprint density at radius 3 is 2.46 bits per heavy atom. The van der Waals surface area contributed by atoms with Gasteiger partial charge in [-0.3, -0.25) is 4.57 Å². The first-order valence-corrected chi connectivity index (χ1v) is 12.0. The van der Waals surface area contributed by atoms with Crippen molar-refractivity contribution >= 4 is 23.5 Å². The molecule has 180 valence electrons. The van der Waals surface area contributed by atoms with E-state index >= 15 is 0 Å². The van der Waals surface area contributed by atoms with Gasteiger partial charge < -0.3 is 10.6 Å². The highest BCUT2D eigenvalue weighted by atomic mass is 32.2. The van der Waals surface area contributed by atoms with Crippen molar-refractivity contribution in [2.45, 2.75) is 37.7 Å². The molecular formula is C26H25F2N5OS. The molecule has 2 amide bonds. The molecule has 0 saturated heterocycles. The highest BCUT2D eigenvalue weighted by Crippen LogP contribution is 2.28. The lowest BCUT2D eigenvalue weighted by atomic mass is 10.1. The van der Waals surface area contributed by atoms with Crippen LogP contribution in [0.4, 0.5) is 19.3 Å². The lowest BCUT2D eigenvalue weighted by Gasteiger charge is -2.17. The average Bonchev–Trinajstić information content (AvgIpc) is 3.25. The van der Waals surface area contributed by atoms with Crippen LogP contribution in [0.1, 0.15) is 35.5 Å². The van der Waals surface area contributed by atoms with E-state index in [1.54, 1.807) is 18.7 Å². The van der Waals surface area contributed by atoms with Crippen LogP contribution in [-0.2, 0) is 5.75 Å². The second-order valence-corrected chi connectivity index (χ2v) is 9.12. The molecule has 9 heteroatoms. The molecule has 0 aliphatic rings. The molecule has 0 fully saturated rings. The number of carbonyl (C=O) groups is 1. The maximum atomic E-state index is 13.5. The van der Waals surface area contributed by atoms with Crippen LogP contribution in [0.15, 0.2) is 71.9 Å². The molecule has 2 N–H and O–H groups in total. The molecule has 0 radical (unpaired) electrons. The Morgan fingerprint density at radius 2 is 1.74 bits per heavy atom. The lowest BCUT2D eigenvalue weighted by molar-refractivity contribution is 0.248. The van der Waals surface area contributed by atoms with Crippen LogP contribution in [0, 0.1) is 25.5 Å². The normalized spacial score (nSPS) is 11.8. The van der Waals surface area contributed by atoms with Crippen LogP contribution in [0.5, 0.6) is 0 Å². The van der Waals surface area contributed by atoms with Gasteiger partial charge in [0.25, 0.3) is 0 Å². The average molecular weight is 494 g/mol. The number of amides is 2. The van der Waals surface area contributed by atoms with Gasteiger partial charge in [-0.1, -0.05) is 53.7 Å². The molecule has 1 unspecified atom stereocenters. The number of hydrogen-bond donors (Lipinski definition) is 2. The fourth-order valence-corrected chi connectivity index (χ4v) is 4.54. The van der Waals surface area contributed by atoms with Crippen molar-refractivity contribution in [1.82, 2.24) is 20.1 Å². The first-order valence-electron chi connectivity index (χ1n) is 11.0. The Morgan fingerprint density at radius 1 is 1.00 bits per heavy atom. The van der Waals surface area contributed by atoms with Gasteiger partial charge >= 0.3 is 6.03 Å². The van der Waals surface area contributed by atoms with Crippen molar-refractivity contribution in [1.29, 1.82) is 0 Å². The quantitative estimate of drug-likeness (QED) is 0.295. The number of urea groups is 1. The van der Waals surface area contributed by atoms with Crippen molar-refractivity contribution in [2.24, 2.45) is 0 Å². The minimum Gasteiger partial charge on any atom is -0.328 e. The summed E-state index contributed by atoms with van der Waals surface area (Å²) >= 11 is 1.56. The molecule has 0 aliphatic carbocycles. The molecule has 0 saturated carbocycles. The van der Waals surface area contributed by atoms with Crippen molar-refractivity contribution in [2.75, 3.05) is 5.32 Å². The summed E-state index contributed by atoms with van der Waals surface area (Å²) in [4.78, 5) is 12.5. The van der Waals surface area contributed by atoms with Gasteiger partial charge in [0.15, 0.2) is 22.6 Å². The third kappa shape index (κ3) is 5.86. The first-order chi connectivity index (χ1) is 16.8.